The highest BCUT2D eigenvalue weighted by atomic mass is 19.3. The summed E-state index contributed by atoms with van der Waals surface area (Å²) in [5.41, 5.74) is -0.511. The third-order valence-electron chi connectivity index (χ3n) is 5.90. The number of para-hydroxylation sites is 1. The third-order valence-corrected chi connectivity index (χ3v) is 5.90. The lowest BCUT2D eigenvalue weighted by atomic mass is 9.71. The van der Waals surface area contributed by atoms with Gasteiger partial charge in [-0.05, 0) is 31.4 Å². The Kier molecular flexibility index (Phi) is 4.45. The largest absolute Gasteiger partial charge is 0.586 e. The fourth-order valence-corrected chi connectivity index (χ4v) is 4.40. The number of rotatable bonds is 2. The molecule has 1 unspecified atom stereocenters. The van der Waals surface area contributed by atoms with Crippen molar-refractivity contribution in [2.24, 2.45) is 5.41 Å². The maximum absolute atomic E-state index is 13.4. The number of likely N-dealkylation sites (N-methyl/N-ethyl adjacent to an activating group) is 1. The van der Waals surface area contributed by atoms with Gasteiger partial charge in [-0.3, -0.25) is 9.59 Å². The topological polar surface area (TPSA) is 68.3 Å². The number of ether oxygens (including phenoxy) is 3. The third kappa shape index (κ3) is 3.07. The van der Waals surface area contributed by atoms with Crippen molar-refractivity contribution in [1.82, 2.24) is 9.80 Å². The van der Waals surface area contributed by atoms with Crippen LogP contribution in [-0.2, 0) is 9.53 Å². The van der Waals surface area contributed by atoms with Crippen molar-refractivity contribution in [3.8, 4) is 11.5 Å². The molecule has 0 saturated carbocycles. The summed E-state index contributed by atoms with van der Waals surface area (Å²) in [7, 11) is 3.39. The number of hydrogen-bond acceptors (Lipinski definition) is 5. The number of benzene rings is 1. The molecule has 2 saturated heterocycles. The number of carbonyl (C=O) groups excluding carboxylic acids is 2. The summed E-state index contributed by atoms with van der Waals surface area (Å²) >= 11 is 0. The first kappa shape index (κ1) is 18.9. The van der Waals surface area contributed by atoms with E-state index in [2.05, 4.69) is 9.47 Å². The fourth-order valence-electron chi connectivity index (χ4n) is 4.40. The van der Waals surface area contributed by atoms with Crippen LogP contribution in [0.2, 0.25) is 0 Å². The zero-order valence-electron chi connectivity index (χ0n) is 15.7. The van der Waals surface area contributed by atoms with E-state index < -0.39 is 17.6 Å². The van der Waals surface area contributed by atoms with Crippen LogP contribution < -0.4 is 9.47 Å². The van der Waals surface area contributed by atoms with Crippen molar-refractivity contribution in [1.29, 1.82) is 0 Å². The number of fused-ring (bicyclic) bond motifs is 1. The van der Waals surface area contributed by atoms with Gasteiger partial charge < -0.3 is 24.0 Å². The van der Waals surface area contributed by atoms with Gasteiger partial charge in [0.1, 0.15) is 0 Å². The highest BCUT2D eigenvalue weighted by molar-refractivity contribution is 5.98. The molecule has 0 aliphatic carbocycles. The summed E-state index contributed by atoms with van der Waals surface area (Å²) < 4.78 is 41.2. The smallest absolute Gasteiger partial charge is 0.395 e. The van der Waals surface area contributed by atoms with E-state index >= 15 is 0 Å². The molecular formula is C19H22F2N2O5. The fraction of sp³-hybridized carbons (Fsp3) is 0.579. The molecule has 0 aromatic heterocycles. The maximum atomic E-state index is 13.4. The summed E-state index contributed by atoms with van der Waals surface area (Å²) in [5.74, 6) is -0.736. The number of amides is 2. The minimum absolute atomic E-state index is 0.0323. The molecule has 2 fully saturated rings. The molecule has 2 amide bonds. The molecular weight excluding hydrogens is 374 g/mol. The van der Waals surface area contributed by atoms with E-state index in [1.807, 2.05) is 0 Å². The molecule has 3 aliphatic rings. The second-order valence-electron chi connectivity index (χ2n) is 7.62. The van der Waals surface area contributed by atoms with Gasteiger partial charge in [-0.1, -0.05) is 6.07 Å². The first-order valence-electron chi connectivity index (χ1n) is 9.21. The van der Waals surface area contributed by atoms with E-state index in [9.17, 15) is 18.4 Å². The van der Waals surface area contributed by atoms with E-state index in [1.54, 1.807) is 24.0 Å². The van der Waals surface area contributed by atoms with E-state index in [0.717, 1.165) is 0 Å². The second kappa shape index (κ2) is 6.58. The van der Waals surface area contributed by atoms with Crippen LogP contribution in [-0.4, -0.2) is 67.8 Å². The minimum Gasteiger partial charge on any atom is -0.395 e. The molecule has 0 bridgehead atoms. The Hall–Kier alpha value is -2.42. The Morgan fingerprint density at radius 1 is 1.25 bits per heavy atom. The van der Waals surface area contributed by atoms with Gasteiger partial charge in [0.15, 0.2) is 11.5 Å². The first-order chi connectivity index (χ1) is 13.2. The molecule has 7 nitrogen and oxygen atoms in total. The molecule has 3 heterocycles. The number of methoxy groups -OCH3 is 1. The Bertz CT molecular complexity index is 808. The average Bonchev–Trinajstić information content (AvgIpc) is 2.99. The van der Waals surface area contributed by atoms with Crippen LogP contribution in [0.4, 0.5) is 8.78 Å². The van der Waals surface area contributed by atoms with Crippen molar-refractivity contribution >= 4 is 11.8 Å². The predicted octanol–water partition coefficient (Wildman–Crippen LogP) is 2.11. The lowest BCUT2D eigenvalue weighted by Crippen LogP contribution is -2.57. The summed E-state index contributed by atoms with van der Waals surface area (Å²) in [6.07, 6.45) is -2.18. The van der Waals surface area contributed by atoms with Crippen molar-refractivity contribution in [3.63, 3.8) is 0 Å². The van der Waals surface area contributed by atoms with Crippen LogP contribution in [0, 0.1) is 5.41 Å². The Morgan fingerprint density at radius 2 is 1.96 bits per heavy atom. The molecule has 1 atom stereocenters. The molecule has 0 N–H and O–H groups in total. The number of halogens is 2. The molecule has 0 radical (unpaired) electrons. The normalized spacial score (nSPS) is 25.3. The summed E-state index contributed by atoms with van der Waals surface area (Å²) in [5, 5.41) is 0. The van der Waals surface area contributed by atoms with Crippen molar-refractivity contribution in [2.45, 2.75) is 31.7 Å². The molecule has 3 aliphatic heterocycles. The van der Waals surface area contributed by atoms with Crippen molar-refractivity contribution < 1.29 is 32.6 Å². The van der Waals surface area contributed by atoms with Gasteiger partial charge in [0.05, 0.1) is 17.1 Å². The van der Waals surface area contributed by atoms with E-state index in [1.165, 1.54) is 18.2 Å². The van der Waals surface area contributed by atoms with Gasteiger partial charge in [-0.25, -0.2) is 0 Å². The number of likely N-dealkylation sites (tertiary alicyclic amines) is 2. The zero-order chi connectivity index (χ0) is 20.1. The van der Waals surface area contributed by atoms with Gasteiger partial charge in [0.25, 0.3) is 5.91 Å². The molecule has 1 aromatic rings. The lowest BCUT2D eigenvalue weighted by molar-refractivity contribution is -0.286. The van der Waals surface area contributed by atoms with Crippen LogP contribution in [0.3, 0.4) is 0 Å². The number of nitrogens with zero attached hydrogens (tertiary/aromatic N) is 2. The maximum Gasteiger partial charge on any atom is 0.586 e. The van der Waals surface area contributed by atoms with E-state index in [-0.39, 0.29) is 29.1 Å². The van der Waals surface area contributed by atoms with Crippen LogP contribution in [0.15, 0.2) is 18.2 Å². The second-order valence-corrected chi connectivity index (χ2v) is 7.62. The van der Waals surface area contributed by atoms with Crippen molar-refractivity contribution in [3.05, 3.63) is 23.8 Å². The van der Waals surface area contributed by atoms with Gasteiger partial charge in [0, 0.05) is 33.8 Å². The molecule has 4 rings (SSSR count). The zero-order valence-corrected chi connectivity index (χ0v) is 15.7. The highest BCUT2D eigenvalue weighted by Crippen LogP contribution is 2.45. The lowest BCUT2D eigenvalue weighted by Gasteiger charge is -2.47. The monoisotopic (exact) mass is 396 g/mol. The van der Waals surface area contributed by atoms with Crippen LogP contribution in [0.1, 0.15) is 29.6 Å². The van der Waals surface area contributed by atoms with Crippen LogP contribution >= 0.6 is 0 Å². The molecule has 152 valence electrons. The summed E-state index contributed by atoms with van der Waals surface area (Å²) in [4.78, 5) is 29.0. The van der Waals surface area contributed by atoms with Gasteiger partial charge in [-0.15, -0.1) is 8.78 Å². The number of hydrogen-bond donors (Lipinski definition) is 0. The predicted molar refractivity (Wildman–Crippen MR) is 93.3 cm³/mol. The van der Waals surface area contributed by atoms with Crippen LogP contribution in [0.5, 0.6) is 11.5 Å². The first-order valence-corrected chi connectivity index (χ1v) is 9.21. The average molecular weight is 396 g/mol. The minimum atomic E-state index is -3.78. The van der Waals surface area contributed by atoms with Gasteiger partial charge >= 0.3 is 6.29 Å². The van der Waals surface area contributed by atoms with E-state index in [0.29, 0.717) is 38.9 Å². The number of piperidine rings is 2. The molecule has 1 aromatic carbocycles. The Morgan fingerprint density at radius 3 is 2.64 bits per heavy atom. The molecule has 9 heteroatoms. The van der Waals surface area contributed by atoms with Crippen molar-refractivity contribution in [2.75, 3.05) is 33.8 Å². The molecule has 1 spiro atoms. The number of carbonyl (C=O) groups is 2. The van der Waals surface area contributed by atoms with E-state index in [4.69, 9.17) is 4.74 Å². The Labute approximate surface area is 161 Å². The standard InChI is InChI=1S/C19H22F2N2O5/c1-22-11-12(26-2)10-18(17(22)25)6-8-23(9-7-18)16(24)13-4-3-5-14-15(13)28-19(20,21)27-14/h3-5,12H,6-11H2,1-2H3. The molecule has 28 heavy (non-hydrogen) atoms. The highest BCUT2D eigenvalue weighted by Gasteiger charge is 2.49. The van der Waals surface area contributed by atoms with Gasteiger partial charge in [0.2, 0.25) is 5.91 Å². The summed E-state index contributed by atoms with van der Waals surface area (Å²) in [6, 6.07) is 4.25. The summed E-state index contributed by atoms with van der Waals surface area (Å²) in [6.45, 7) is 1.27. The quantitative estimate of drug-likeness (QED) is 0.766. The number of alkyl halides is 2. The SMILES string of the molecule is COC1CN(C)C(=O)C2(CCN(C(=O)c3cccc4c3OC(F)(F)O4)CC2)C1. The van der Waals surface area contributed by atoms with Crippen LogP contribution in [0.25, 0.3) is 0 Å². The van der Waals surface area contributed by atoms with Gasteiger partial charge in [-0.2, -0.15) is 0 Å². The Balaban J connectivity index is 1.50.